The third kappa shape index (κ3) is 3.72. The fraction of sp³-hybridized carbons (Fsp3) is 0.400. The minimum Gasteiger partial charge on any atom is -0.454 e. The van der Waals surface area contributed by atoms with Crippen molar-refractivity contribution >= 4 is 0 Å². The number of hydrogen-bond acceptors (Lipinski definition) is 7. The van der Waals surface area contributed by atoms with Crippen LogP contribution < -0.4 is 24.3 Å². The molecule has 2 heterocycles. The van der Waals surface area contributed by atoms with E-state index in [0.29, 0.717) is 29.5 Å². The van der Waals surface area contributed by atoms with Crippen LogP contribution in [0.25, 0.3) is 0 Å². The van der Waals surface area contributed by atoms with E-state index >= 15 is 0 Å². The lowest BCUT2D eigenvalue weighted by molar-refractivity contribution is -0.715. The predicted molar refractivity (Wildman–Crippen MR) is 97.4 cm³/mol. The van der Waals surface area contributed by atoms with Gasteiger partial charge >= 0.3 is 0 Å². The number of methoxy groups -OCH3 is 2. The van der Waals surface area contributed by atoms with Gasteiger partial charge in [-0.25, -0.2) is 0 Å². The zero-order valence-corrected chi connectivity index (χ0v) is 15.8. The monoisotopic (exact) mass is 390 g/mol. The van der Waals surface area contributed by atoms with Gasteiger partial charge in [-0.1, -0.05) is 6.07 Å². The molecule has 0 radical (unpaired) electrons. The summed E-state index contributed by atoms with van der Waals surface area (Å²) in [5, 5.41) is 13.2. The number of aliphatic hydroxyl groups excluding tert-OH is 1. The van der Waals surface area contributed by atoms with E-state index in [1.54, 1.807) is 14.2 Å². The van der Waals surface area contributed by atoms with E-state index in [9.17, 15) is 5.11 Å². The fourth-order valence-corrected chi connectivity index (χ4v) is 3.42. The van der Waals surface area contributed by atoms with E-state index in [1.807, 2.05) is 41.7 Å². The average Bonchev–Trinajstić information content (AvgIpc) is 3.38. The number of benzene rings is 2. The van der Waals surface area contributed by atoms with Crippen LogP contribution in [0.5, 0.6) is 23.0 Å². The normalized spacial score (nSPS) is 16.4. The van der Waals surface area contributed by atoms with Gasteiger partial charge in [-0.2, -0.15) is 0 Å². The van der Waals surface area contributed by atoms with Crippen molar-refractivity contribution in [3.8, 4) is 23.0 Å². The number of quaternary nitrogens is 1. The number of ether oxygens (including phenoxy) is 6. The summed E-state index contributed by atoms with van der Waals surface area (Å²) in [6.45, 7) is 0.900. The van der Waals surface area contributed by atoms with E-state index in [2.05, 4.69) is 0 Å². The van der Waals surface area contributed by atoms with Gasteiger partial charge in [0.25, 0.3) is 0 Å². The molecule has 0 spiro atoms. The first-order valence-corrected chi connectivity index (χ1v) is 9.05. The first-order valence-electron chi connectivity index (χ1n) is 9.05. The number of hydrogen-bond donors (Lipinski definition) is 2. The van der Waals surface area contributed by atoms with Crippen LogP contribution in [0, 0.1) is 0 Å². The molecule has 0 aromatic heterocycles. The molecule has 2 aliphatic heterocycles. The Bertz CT molecular complexity index is 824. The van der Waals surface area contributed by atoms with Crippen LogP contribution >= 0.6 is 0 Å². The Morgan fingerprint density at radius 2 is 1.39 bits per heavy atom. The molecule has 0 aliphatic carbocycles. The smallest absolute Gasteiger partial charge is 0.231 e. The van der Waals surface area contributed by atoms with Crippen LogP contribution in [-0.2, 0) is 9.47 Å². The molecule has 0 saturated carbocycles. The molecular weight excluding hydrogens is 366 g/mol. The van der Waals surface area contributed by atoms with Gasteiger partial charge in [0.05, 0.1) is 0 Å². The highest BCUT2D eigenvalue weighted by Crippen LogP contribution is 2.39. The van der Waals surface area contributed by atoms with E-state index in [-0.39, 0.29) is 25.9 Å². The molecule has 2 aliphatic rings. The van der Waals surface area contributed by atoms with Crippen molar-refractivity contribution in [1.82, 2.24) is 0 Å². The summed E-state index contributed by atoms with van der Waals surface area (Å²) in [5.41, 5.74) is 1.63. The topological polar surface area (TPSA) is 92.2 Å². The van der Waals surface area contributed by atoms with Gasteiger partial charge in [-0.3, -0.25) is 0 Å². The lowest BCUT2D eigenvalue weighted by Gasteiger charge is -2.24. The Morgan fingerprint density at radius 3 is 2.00 bits per heavy atom. The van der Waals surface area contributed by atoms with Crippen LogP contribution in [0.4, 0.5) is 0 Å². The largest absolute Gasteiger partial charge is 0.454 e. The van der Waals surface area contributed by atoms with E-state index in [0.717, 1.165) is 11.1 Å². The Kier molecular flexibility index (Phi) is 5.54. The van der Waals surface area contributed by atoms with Gasteiger partial charge in [-0.05, 0) is 35.9 Å². The molecule has 2 aromatic carbocycles. The Balaban J connectivity index is 1.61. The summed E-state index contributed by atoms with van der Waals surface area (Å²) in [6.07, 6.45) is -1.19. The SMILES string of the molecule is COC(C[NH2+][C@@H](c1ccc2c(c1)OCO2)[C@H](O)c1ccc2c(c1)OCO2)OC. The van der Waals surface area contributed by atoms with Crippen LogP contribution in [0.15, 0.2) is 36.4 Å². The molecule has 8 heteroatoms. The molecule has 0 unspecified atom stereocenters. The van der Waals surface area contributed by atoms with Gasteiger partial charge in [-0.15, -0.1) is 0 Å². The molecule has 2 aromatic rings. The highest BCUT2D eigenvalue weighted by molar-refractivity contribution is 5.47. The fourth-order valence-electron chi connectivity index (χ4n) is 3.42. The van der Waals surface area contributed by atoms with Gasteiger partial charge in [0.2, 0.25) is 19.9 Å². The summed E-state index contributed by atoms with van der Waals surface area (Å²) >= 11 is 0. The van der Waals surface area contributed by atoms with E-state index < -0.39 is 6.10 Å². The Hall–Kier alpha value is -2.52. The maximum absolute atomic E-state index is 11.2. The van der Waals surface area contributed by atoms with Crippen molar-refractivity contribution < 1.29 is 38.8 Å². The molecule has 3 N–H and O–H groups in total. The number of fused-ring (bicyclic) bond motifs is 2. The average molecular weight is 390 g/mol. The minimum absolute atomic E-state index is 0.190. The molecule has 2 atom stereocenters. The van der Waals surface area contributed by atoms with Gasteiger partial charge in [0.1, 0.15) is 18.7 Å². The second-order valence-electron chi connectivity index (χ2n) is 6.57. The Labute approximate surface area is 162 Å². The Morgan fingerprint density at radius 1 is 0.857 bits per heavy atom. The molecule has 8 nitrogen and oxygen atoms in total. The second kappa shape index (κ2) is 8.24. The van der Waals surface area contributed by atoms with Crippen molar-refractivity contribution in [1.29, 1.82) is 0 Å². The summed E-state index contributed by atoms with van der Waals surface area (Å²) in [4.78, 5) is 0. The quantitative estimate of drug-likeness (QED) is 0.652. The minimum atomic E-state index is -0.802. The van der Waals surface area contributed by atoms with Crippen molar-refractivity contribution in [3.63, 3.8) is 0 Å². The number of rotatable bonds is 8. The number of nitrogens with two attached hydrogens (primary N) is 1. The van der Waals surface area contributed by atoms with Crippen molar-refractivity contribution in [2.45, 2.75) is 18.4 Å². The predicted octanol–water partition coefficient (Wildman–Crippen LogP) is 1.10. The zero-order chi connectivity index (χ0) is 19.5. The van der Waals surface area contributed by atoms with E-state index in [1.165, 1.54) is 0 Å². The van der Waals surface area contributed by atoms with Crippen LogP contribution in [0.2, 0.25) is 0 Å². The third-order valence-corrected chi connectivity index (χ3v) is 4.97. The maximum atomic E-state index is 11.2. The maximum Gasteiger partial charge on any atom is 0.231 e. The van der Waals surface area contributed by atoms with Gasteiger partial charge in [0.15, 0.2) is 23.0 Å². The van der Waals surface area contributed by atoms with Crippen LogP contribution in [-0.4, -0.2) is 45.7 Å². The molecule has 4 rings (SSSR count). The lowest BCUT2D eigenvalue weighted by atomic mass is 9.95. The lowest BCUT2D eigenvalue weighted by Crippen LogP contribution is -2.88. The molecule has 0 saturated heterocycles. The third-order valence-electron chi connectivity index (χ3n) is 4.97. The van der Waals surface area contributed by atoms with Crippen LogP contribution in [0.1, 0.15) is 23.3 Å². The molecular formula is C20H24NO7+. The van der Waals surface area contributed by atoms with Crippen molar-refractivity contribution in [2.75, 3.05) is 34.4 Å². The van der Waals surface area contributed by atoms with Crippen molar-refractivity contribution in [3.05, 3.63) is 47.5 Å². The van der Waals surface area contributed by atoms with Gasteiger partial charge in [0, 0.05) is 19.8 Å². The van der Waals surface area contributed by atoms with Gasteiger partial charge < -0.3 is 38.8 Å². The standard InChI is InChI=1S/C20H23NO7/c1-23-18(24-2)9-21-19(12-3-5-14-16(7-12)27-10-25-14)20(22)13-4-6-15-17(8-13)28-11-26-15/h3-8,18-22H,9-11H2,1-2H3/p+1/t19-,20+/m0/s1. The summed E-state index contributed by atoms with van der Waals surface area (Å²) < 4.78 is 32.3. The highest BCUT2D eigenvalue weighted by atomic mass is 16.7. The highest BCUT2D eigenvalue weighted by Gasteiger charge is 2.30. The molecule has 0 bridgehead atoms. The summed E-state index contributed by atoms with van der Waals surface area (Å²) in [6, 6.07) is 10.8. The van der Waals surface area contributed by atoms with E-state index in [4.69, 9.17) is 28.4 Å². The summed E-state index contributed by atoms with van der Waals surface area (Å²) in [5.74, 6) is 2.68. The second-order valence-corrected chi connectivity index (χ2v) is 6.57. The molecule has 0 fully saturated rings. The van der Waals surface area contributed by atoms with Crippen molar-refractivity contribution in [2.24, 2.45) is 0 Å². The zero-order valence-electron chi connectivity index (χ0n) is 15.8. The van der Waals surface area contributed by atoms with Crippen LogP contribution in [0.3, 0.4) is 0 Å². The number of aliphatic hydroxyl groups is 1. The first-order chi connectivity index (χ1) is 13.7. The molecule has 150 valence electrons. The first kappa shape index (κ1) is 18.8. The summed E-state index contributed by atoms with van der Waals surface area (Å²) in [7, 11) is 3.18. The molecule has 28 heavy (non-hydrogen) atoms. The molecule has 0 amide bonds.